The lowest BCUT2D eigenvalue weighted by atomic mass is 9.74. The van der Waals surface area contributed by atoms with Gasteiger partial charge < -0.3 is 11.1 Å². The van der Waals surface area contributed by atoms with Crippen LogP contribution in [0.1, 0.15) is 32.6 Å². The predicted molar refractivity (Wildman–Crippen MR) is 90.1 cm³/mol. The summed E-state index contributed by atoms with van der Waals surface area (Å²) in [5, 5.41) is 2.59. The summed E-state index contributed by atoms with van der Waals surface area (Å²) in [6.45, 7) is 1.81. The zero-order chi connectivity index (χ0) is 17.3. The first-order chi connectivity index (χ1) is 10.6. The van der Waals surface area contributed by atoms with Gasteiger partial charge in [-0.1, -0.05) is 18.9 Å². The van der Waals surface area contributed by atoms with E-state index in [0.29, 0.717) is 6.42 Å². The van der Waals surface area contributed by atoms with Gasteiger partial charge in [-0.3, -0.25) is 4.79 Å². The van der Waals surface area contributed by atoms with Gasteiger partial charge in [0.05, 0.1) is 10.8 Å². The highest BCUT2D eigenvalue weighted by molar-refractivity contribution is 7.91. The highest BCUT2D eigenvalue weighted by Crippen LogP contribution is 2.32. The predicted octanol–water partition coefficient (Wildman–Crippen LogP) is 2.95. The summed E-state index contributed by atoms with van der Waals surface area (Å²) in [6, 6.07) is 4.88. The molecule has 1 aromatic rings. The molecule has 2 atom stereocenters. The van der Waals surface area contributed by atoms with Gasteiger partial charge in [0, 0.05) is 11.2 Å². The van der Waals surface area contributed by atoms with Crippen molar-refractivity contribution in [2.24, 2.45) is 11.7 Å². The summed E-state index contributed by atoms with van der Waals surface area (Å²) in [6.07, 6.45) is 3.22. The SMILES string of the molecule is CC1(N)CCCCC1C(=O)Nc1cccc(S(=O)(=O)C(F)F)c1.Cl. The first kappa shape index (κ1) is 20.8. The highest BCUT2D eigenvalue weighted by atomic mass is 35.5. The maximum absolute atomic E-state index is 12.6. The number of rotatable bonds is 4. The molecule has 0 saturated heterocycles. The molecular weight excluding hydrogens is 362 g/mol. The first-order valence-electron chi connectivity index (χ1n) is 7.36. The van der Waals surface area contributed by atoms with Crippen molar-refractivity contribution in [3.63, 3.8) is 0 Å². The van der Waals surface area contributed by atoms with Crippen molar-refractivity contribution in [2.45, 2.75) is 48.8 Å². The molecule has 5 nitrogen and oxygen atoms in total. The number of amides is 1. The van der Waals surface area contributed by atoms with Crippen LogP contribution >= 0.6 is 12.4 Å². The number of anilines is 1. The van der Waals surface area contributed by atoms with E-state index >= 15 is 0 Å². The second kappa shape index (κ2) is 7.76. The van der Waals surface area contributed by atoms with E-state index in [0.717, 1.165) is 31.4 Å². The molecule has 1 aromatic carbocycles. The third-order valence-electron chi connectivity index (χ3n) is 4.24. The summed E-state index contributed by atoms with van der Waals surface area (Å²) in [5.74, 6) is -4.22. The van der Waals surface area contributed by atoms with Gasteiger partial charge in [-0.15, -0.1) is 12.4 Å². The van der Waals surface area contributed by atoms with Crippen LogP contribution in [-0.2, 0) is 14.6 Å². The third-order valence-corrected chi connectivity index (χ3v) is 5.62. The van der Waals surface area contributed by atoms with Gasteiger partial charge in [-0.25, -0.2) is 8.42 Å². The van der Waals surface area contributed by atoms with Gasteiger partial charge in [0.2, 0.25) is 15.7 Å². The fourth-order valence-corrected chi connectivity index (χ4v) is 3.64. The largest absolute Gasteiger partial charge is 0.341 e. The van der Waals surface area contributed by atoms with Crippen LogP contribution in [0.2, 0.25) is 0 Å². The molecule has 1 aliphatic rings. The molecule has 0 radical (unpaired) electrons. The Kier molecular flexibility index (Phi) is 6.72. The van der Waals surface area contributed by atoms with Gasteiger partial charge in [0.25, 0.3) is 0 Å². The van der Waals surface area contributed by atoms with Crippen molar-refractivity contribution in [3.8, 4) is 0 Å². The number of nitrogens with two attached hydrogens (primary N) is 1. The van der Waals surface area contributed by atoms with Crippen LogP contribution < -0.4 is 11.1 Å². The molecule has 1 amide bonds. The lowest BCUT2D eigenvalue weighted by Crippen LogP contribution is -2.51. The second-order valence-corrected chi connectivity index (χ2v) is 8.04. The Morgan fingerprint density at radius 2 is 2.04 bits per heavy atom. The van der Waals surface area contributed by atoms with Crippen molar-refractivity contribution < 1.29 is 22.0 Å². The molecule has 0 heterocycles. The average molecular weight is 383 g/mol. The molecule has 0 spiro atoms. The van der Waals surface area contributed by atoms with Crippen LogP contribution in [0, 0.1) is 5.92 Å². The molecule has 136 valence electrons. The lowest BCUT2D eigenvalue weighted by molar-refractivity contribution is -0.122. The van der Waals surface area contributed by atoms with E-state index in [9.17, 15) is 22.0 Å². The minimum atomic E-state index is -4.69. The van der Waals surface area contributed by atoms with Crippen molar-refractivity contribution in [3.05, 3.63) is 24.3 Å². The summed E-state index contributed by atoms with van der Waals surface area (Å²) >= 11 is 0. The molecule has 2 rings (SSSR count). The van der Waals surface area contributed by atoms with Gasteiger partial charge >= 0.3 is 5.76 Å². The van der Waals surface area contributed by atoms with Crippen molar-refractivity contribution in [1.29, 1.82) is 0 Å². The number of sulfone groups is 1. The average Bonchev–Trinajstić information content (AvgIpc) is 2.46. The van der Waals surface area contributed by atoms with Crippen LogP contribution in [0.4, 0.5) is 14.5 Å². The van der Waals surface area contributed by atoms with Gasteiger partial charge in [0.1, 0.15) is 0 Å². The Morgan fingerprint density at radius 1 is 1.38 bits per heavy atom. The van der Waals surface area contributed by atoms with Crippen LogP contribution in [0.3, 0.4) is 0 Å². The maximum Gasteiger partial charge on any atom is 0.341 e. The van der Waals surface area contributed by atoms with E-state index in [1.165, 1.54) is 12.1 Å². The fraction of sp³-hybridized carbons (Fsp3) is 0.533. The van der Waals surface area contributed by atoms with E-state index in [1.807, 2.05) is 6.92 Å². The van der Waals surface area contributed by atoms with Crippen LogP contribution in [0.5, 0.6) is 0 Å². The Labute approximate surface area is 146 Å². The topological polar surface area (TPSA) is 89.3 Å². The van der Waals surface area contributed by atoms with Crippen molar-refractivity contribution in [1.82, 2.24) is 0 Å². The summed E-state index contributed by atoms with van der Waals surface area (Å²) in [4.78, 5) is 11.9. The minimum absolute atomic E-state index is 0. The zero-order valence-electron chi connectivity index (χ0n) is 13.2. The Hall–Kier alpha value is -1.25. The number of benzene rings is 1. The smallest absolute Gasteiger partial charge is 0.326 e. The van der Waals surface area contributed by atoms with Crippen molar-refractivity contribution >= 4 is 33.8 Å². The Morgan fingerprint density at radius 3 is 2.62 bits per heavy atom. The van der Waals surface area contributed by atoms with Crippen LogP contribution in [-0.4, -0.2) is 25.6 Å². The lowest BCUT2D eigenvalue weighted by Gasteiger charge is -2.37. The molecule has 1 saturated carbocycles. The minimum Gasteiger partial charge on any atom is -0.326 e. The van der Waals surface area contributed by atoms with Gasteiger partial charge in [-0.05, 0) is 38.0 Å². The number of hydrogen-bond acceptors (Lipinski definition) is 4. The number of nitrogens with one attached hydrogen (secondary N) is 1. The number of hydrogen-bond donors (Lipinski definition) is 2. The van der Waals surface area contributed by atoms with Gasteiger partial charge in [0.15, 0.2) is 0 Å². The second-order valence-electron chi connectivity index (χ2n) is 6.13. The standard InChI is InChI=1S/C15H20F2N2O3S.ClH/c1-15(18)8-3-2-7-12(15)13(20)19-10-5-4-6-11(9-10)23(21,22)14(16)17;/h4-6,9,12,14H,2-3,7-8,18H2,1H3,(H,19,20);1H. The molecule has 0 aromatic heterocycles. The number of alkyl halides is 2. The molecule has 9 heteroatoms. The summed E-state index contributed by atoms with van der Waals surface area (Å²) in [7, 11) is -4.69. The molecule has 1 fully saturated rings. The first-order valence-corrected chi connectivity index (χ1v) is 8.91. The Bertz CT molecular complexity index is 696. The van der Waals surface area contributed by atoms with Gasteiger partial charge in [-0.2, -0.15) is 8.78 Å². The monoisotopic (exact) mass is 382 g/mol. The molecule has 24 heavy (non-hydrogen) atoms. The summed E-state index contributed by atoms with van der Waals surface area (Å²) in [5.41, 5.74) is 5.69. The number of carbonyl (C=O) groups excluding carboxylic acids is 1. The van der Waals surface area contributed by atoms with E-state index in [1.54, 1.807) is 0 Å². The number of carbonyl (C=O) groups is 1. The third kappa shape index (κ3) is 4.43. The van der Waals surface area contributed by atoms with E-state index in [-0.39, 0.29) is 24.0 Å². The molecule has 0 bridgehead atoms. The maximum atomic E-state index is 12.6. The molecule has 0 aliphatic heterocycles. The number of halogens is 3. The van der Waals surface area contributed by atoms with Crippen LogP contribution in [0.25, 0.3) is 0 Å². The van der Waals surface area contributed by atoms with Crippen molar-refractivity contribution in [2.75, 3.05) is 5.32 Å². The molecular formula is C15H21ClF2N2O3S. The fourth-order valence-electron chi connectivity index (χ4n) is 2.87. The van der Waals surface area contributed by atoms with Crippen LogP contribution in [0.15, 0.2) is 29.2 Å². The quantitative estimate of drug-likeness (QED) is 0.837. The highest BCUT2D eigenvalue weighted by Gasteiger charge is 2.37. The molecule has 1 aliphatic carbocycles. The summed E-state index contributed by atoms with van der Waals surface area (Å²) < 4.78 is 48.2. The zero-order valence-corrected chi connectivity index (χ0v) is 14.8. The Balaban J connectivity index is 0.00000288. The van der Waals surface area contributed by atoms with E-state index in [2.05, 4.69) is 5.32 Å². The molecule has 2 unspecified atom stereocenters. The normalized spacial score (nSPS) is 24.3. The van der Waals surface area contributed by atoms with E-state index in [4.69, 9.17) is 5.73 Å². The molecule has 3 N–H and O–H groups in total. The van der Waals surface area contributed by atoms with E-state index < -0.39 is 31.9 Å².